The van der Waals surface area contributed by atoms with E-state index in [-0.39, 0.29) is 110 Å². The molecule has 146 heavy (non-hydrogen) atoms. The Bertz CT molecular complexity index is 4310. The summed E-state index contributed by atoms with van der Waals surface area (Å²) in [7, 11) is -27.0. The maximum atomic E-state index is 13.2. The first-order valence-corrected chi connectivity index (χ1v) is 69.5. The van der Waals surface area contributed by atoms with E-state index >= 15 is 0 Å². The Morgan fingerprint density at radius 1 is 0.336 bits per heavy atom. The van der Waals surface area contributed by atoms with Gasteiger partial charge >= 0.3 is 63.9 Å². The van der Waals surface area contributed by atoms with Crippen LogP contribution in [0.3, 0.4) is 0 Å². The molecule has 3 aromatic rings. The predicted molar refractivity (Wildman–Crippen MR) is 608 cm³/mol. The minimum atomic E-state index is -4.25. The van der Waals surface area contributed by atoms with Crippen molar-refractivity contribution in [2.75, 3.05) is 97.0 Å². The molecule has 5 atom stereocenters. The van der Waals surface area contributed by atoms with Crippen molar-refractivity contribution in [3.8, 4) is 17.2 Å². The van der Waals surface area contributed by atoms with Crippen molar-refractivity contribution in [1.82, 2.24) is 15.3 Å². The first kappa shape index (κ1) is 157. The lowest BCUT2D eigenvalue weighted by molar-refractivity contribution is -0.156. The molecule has 0 aliphatic rings. The maximum absolute atomic E-state index is 13.2. The minimum Gasteiger partial charge on any atom is -0.462 e. The highest BCUT2D eigenvalue weighted by Crippen LogP contribution is 2.54. The fourth-order valence-electron chi connectivity index (χ4n) is 9.01. The largest absolute Gasteiger partial charge is 0.469 e. The second-order valence-corrected chi connectivity index (χ2v) is 72.4. The first-order chi connectivity index (χ1) is 64.5. The average molecular weight is 2320 g/mol. The van der Waals surface area contributed by atoms with Crippen LogP contribution in [0.2, 0.25) is 0 Å². The van der Waals surface area contributed by atoms with E-state index < -0.39 is 111 Å². The van der Waals surface area contributed by atoms with E-state index in [2.05, 4.69) is 115 Å². The van der Waals surface area contributed by atoms with Gasteiger partial charge in [0.15, 0.2) is 20.4 Å². The Morgan fingerprint density at radius 2 is 0.637 bits per heavy atom. The predicted octanol–water partition coefficient (Wildman–Crippen LogP) is 28.1. The molecule has 0 aliphatic carbocycles. The molecule has 0 radical (unpaired) electrons. The van der Waals surface area contributed by atoms with Gasteiger partial charge in [0.05, 0.1) is 62.9 Å². The Kier molecular flexibility index (Phi) is 75.8. The first-order valence-electron chi connectivity index (χ1n) is 48.9. The van der Waals surface area contributed by atoms with Crippen LogP contribution in [0, 0.1) is 66.0 Å². The smallest absolute Gasteiger partial charge is 0.462 e. The summed E-state index contributed by atoms with van der Waals surface area (Å²) in [5.41, 5.74) is 0.142. The number of phosphoric ester groups is 1. The van der Waals surface area contributed by atoms with Gasteiger partial charge in [-0.3, -0.25) is 65.5 Å². The summed E-state index contributed by atoms with van der Waals surface area (Å²) in [6.07, 6.45) is 6.25. The number of hydrogen-bond donors (Lipinski definition) is 12. The molecule has 3 aromatic carbocycles. The van der Waals surface area contributed by atoms with Gasteiger partial charge < -0.3 is 80.9 Å². The van der Waals surface area contributed by atoms with Crippen molar-refractivity contribution < 1.29 is 150 Å². The molecular weight excluding hydrogens is 2120 g/mol. The number of nitrogens with one attached hydrogen (secondary N) is 3. The Balaban J connectivity index is -0.000000301. The van der Waals surface area contributed by atoms with Crippen LogP contribution in [0.5, 0.6) is 17.2 Å². The molecule has 4 unspecified atom stereocenters. The van der Waals surface area contributed by atoms with E-state index in [0.717, 1.165) is 25.7 Å². The lowest BCUT2D eigenvalue weighted by Crippen LogP contribution is -2.36. The van der Waals surface area contributed by atoms with E-state index in [1.54, 1.807) is 124 Å². The Morgan fingerprint density at radius 3 is 0.870 bits per heavy atom. The van der Waals surface area contributed by atoms with Gasteiger partial charge in [-0.2, -0.15) is 5.09 Å². The van der Waals surface area contributed by atoms with E-state index in [4.69, 9.17) is 106 Å². The molecule has 866 valence electrons. The molecule has 0 aliphatic heterocycles. The van der Waals surface area contributed by atoms with Crippen molar-refractivity contribution in [1.29, 1.82) is 0 Å². The fourth-order valence-corrected chi connectivity index (χ4v) is 22.8. The van der Waals surface area contributed by atoms with E-state index in [1.807, 2.05) is 174 Å². The lowest BCUT2D eigenvalue weighted by Gasteiger charge is -2.28. The van der Waals surface area contributed by atoms with Crippen LogP contribution in [0.1, 0.15) is 322 Å². The molecule has 0 bridgehead atoms. The molecule has 0 aromatic heterocycles. The minimum absolute atomic E-state index is 0.0417. The number of hydrogen-bond acceptors (Lipinski definition) is 25. The van der Waals surface area contributed by atoms with Crippen LogP contribution in [-0.2, 0) is 116 Å². The number of esters is 3. The monoisotopic (exact) mass is 2320 g/mol. The highest BCUT2D eigenvalue weighted by Gasteiger charge is 2.37. The summed E-state index contributed by atoms with van der Waals surface area (Å²) in [6.45, 7) is 79.4. The van der Waals surface area contributed by atoms with Gasteiger partial charge in [-0.1, -0.05) is 290 Å². The highest BCUT2D eigenvalue weighted by molar-refractivity contribution is 8.09. The topological polar surface area (TPSA) is 517 Å². The Labute approximate surface area is 892 Å². The summed E-state index contributed by atoms with van der Waals surface area (Å²) < 4.78 is 155. The third kappa shape index (κ3) is 122. The standard InChI is InChI=1S/C18H23O3P.C17H28NO5P.C16H31O7P.C12H29N2OP.C7H17O2P.C6H15O4P.C6H15O3P.2C6H15O2PS.C5H13O3P/c1-18(2,3)14-15-22(19,20-16-10-6-4-7-11-16)21-17-12-8-5-9-13-17;1-13(2)22-16(19)14(3)18-24(20,21-12-17(4,5)6)23-15-10-8-7-9-11-15;1-12(2)14(17)20-10-22-24(19,9-8-16(5,6)7)23-11-21-15(18)13(3)4;1-10(2)13-16(15,14-11(3)4)9-8-12(5,6)7;1-7(2,3)5-6-10(4,8)9;1-6(2,3)4-5-10-11(7,8)9;1-6(2,3)5-9-10(4,7)8;1-6(2,3)5-8-9(4,7)10;1-6(2,3)4-5-9(7,8)10;1-5(2,3)4-9(6,7)8/h4-13H,14-15H2,1-3H3;7-11,13-14H,12H2,1-6H3,(H,18,20);12-13H,8-11H2,1-7H3;10-11H,8-9H2,1-7H3,(H2,13,14,15);5-6H2,1-4H3,(H,8,9);4-5H2,1-3H3,(H2,7,8,9);5H2,1-4H3,(H,7,8);5H2,1-4H3,(H,7,10);4-5H2,1-3H3,(H2,7,8,10);4H2,1-3H3,(H2,6,7,8)/t;14-,24?;;;;;;;;/m.0......../s1. The zero-order chi connectivity index (χ0) is 117. The summed E-state index contributed by atoms with van der Waals surface area (Å²) >= 11 is 9.17. The number of benzene rings is 3. The van der Waals surface area contributed by atoms with Gasteiger partial charge in [0.2, 0.25) is 21.0 Å². The Hall–Kier alpha value is -2.11. The number of carbonyl (C=O) groups excluding carboxylic acids is 3. The molecule has 47 heteroatoms. The van der Waals surface area contributed by atoms with Crippen molar-refractivity contribution in [3.63, 3.8) is 0 Å². The SMILES string of the molecule is CC(C)(C)CCOP(=O)(O)O.CC(C)(C)CCP(=O)(Oc1ccccc1)Oc1ccccc1.CC(C)(C)CCP(C)(=O)O.CC(C)(C)CCP(O)(O)=S.CC(C)(C)COP(C)(=O)O.CC(C)(C)COP(C)(O)=S.CC(C)(C)CP(=O)(O)O.CC(C)C(=O)OCOP(=O)(CCC(C)(C)C)OCOC(=O)C(C)C.CC(C)NP(=O)(CCC(C)(C)C)NC(C)C.CC(C)OC(=O)[C@H](C)NP(=O)(OCC(C)(C)C)Oc1ccccc1. The van der Waals surface area contributed by atoms with Crippen LogP contribution in [0.25, 0.3) is 0 Å². The number of ether oxygens (including phenoxy) is 3. The van der Waals surface area contributed by atoms with Crippen molar-refractivity contribution in [3.05, 3.63) is 91.0 Å². The van der Waals surface area contributed by atoms with E-state index in [9.17, 15) is 50.9 Å². The van der Waals surface area contributed by atoms with Crippen LogP contribution < -0.4 is 28.8 Å². The van der Waals surface area contributed by atoms with Crippen LogP contribution in [-0.4, -0.2) is 183 Å². The second kappa shape index (κ2) is 70.6. The molecular formula is C99H201N3O32P10S2. The molecule has 3 rings (SSSR count). The number of carbonyl (C=O) groups is 3. The quantitative estimate of drug-likeness (QED) is 0.0108. The summed E-state index contributed by atoms with van der Waals surface area (Å²) in [5.74, 6) is -0.516. The van der Waals surface area contributed by atoms with E-state index in [0.29, 0.717) is 68.0 Å². The van der Waals surface area contributed by atoms with Crippen LogP contribution in [0.4, 0.5) is 0 Å². The zero-order valence-corrected chi connectivity index (χ0v) is 108. The van der Waals surface area contributed by atoms with Crippen molar-refractivity contribution in [2.45, 2.75) is 347 Å². The average Bonchev–Trinajstić information content (AvgIpc) is 0.842. The van der Waals surface area contributed by atoms with Gasteiger partial charge in [0, 0.05) is 50.6 Å². The van der Waals surface area contributed by atoms with Gasteiger partial charge in [-0.15, -0.1) is 0 Å². The fraction of sp³-hybridized carbons (Fsp3) is 0.788. The molecule has 35 nitrogen and oxygen atoms in total. The molecule has 0 saturated heterocycles. The van der Waals surface area contributed by atoms with Crippen molar-refractivity contribution >= 4 is 115 Å². The normalized spacial score (nSPS) is 14.6. The van der Waals surface area contributed by atoms with Gasteiger partial charge in [-0.25, -0.2) is 13.7 Å². The summed E-state index contributed by atoms with van der Waals surface area (Å²) in [4.78, 5) is 113. The summed E-state index contributed by atoms with van der Waals surface area (Å²) in [5, 5.41) is 9.07. The third-order valence-electron chi connectivity index (χ3n) is 16.6. The van der Waals surface area contributed by atoms with Gasteiger partial charge in [-0.05, 0) is 201 Å². The number of rotatable bonds is 42. The lowest BCUT2D eigenvalue weighted by atomic mass is 9.93. The van der Waals surface area contributed by atoms with Crippen LogP contribution >= 0.6 is 73.7 Å². The molecule has 0 fully saturated rings. The highest BCUT2D eigenvalue weighted by atomic mass is 32.5. The zero-order valence-electron chi connectivity index (χ0n) is 97.1. The van der Waals surface area contributed by atoms with Gasteiger partial charge in [0.25, 0.3) is 0 Å². The summed E-state index contributed by atoms with van der Waals surface area (Å²) in [6, 6.07) is 26.7. The van der Waals surface area contributed by atoms with Gasteiger partial charge in [0.1, 0.15) is 23.3 Å². The van der Waals surface area contributed by atoms with E-state index in [1.165, 1.54) is 13.3 Å². The molecule has 0 spiro atoms. The molecule has 0 saturated carbocycles. The molecule has 0 heterocycles. The molecule has 12 N–H and O–H groups in total. The number of phosphoric acid groups is 1. The second-order valence-electron chi connectivity index (χ2n) is 49.3. The number of para-hydroxylation sites is 3. The van der Waals surface area contributed by atoms with Crippen LogP contribution in [0.15, 0.2) is 91.0 Å². The van der Waals surface area contributed by atoms with Crippen molar-refractivity contribution in [2.24, 2.45) is 66.0 Å². The molecule has 0 amide bonds. The maximum Gasteiger partial charge on any atom is 0.469 e. The third-order valence-corrected chi connectivity index (χ3v) is 30.3.